The van der Waals surface area contributed by atoms with E-state index in [-0.39, 0.29) is 39.7 Å². The molecule has 0 saturated carbocycles. The minimum Gasteiger partial charge on any atom is -0.507 e. The number of hydrogen-bond acceptors (Lipinski definition) is 14. The van der Waals surface area contributed by atoms with E-state index in [9.17, 15) is 40.9 Å². The van der Waals surface area contributed by atoms with Gasteiger partial charge in [0, 0.05) is 18.2 Å². The van der Waals surface area contributed by atoms with Crippen LogP contribution in [0, 0.1) is 0 Å². The van der Waals surface area contributed by atoms with Crippen LogP contribution in [0.2, 0.25) is 0 Å². The molecule has 0 unspecified atom stereocenters. The van der Waals surface area contributed by atoms with Gasteiger partial charge in [-0.2, -0.15) is 0 Å². The quantitative estimate of drug-likeness (QED) is 0.153. The van der Waals surface area contributed by atoms with Crippen molar-refractivity contribution in [3.8, 4) is 40.1 Å². The average molecular weight is 624 g/mol. The Hall–Kier alpha value is -3.51. The molecule has 15 heteroatoms. The molecule has 44 heavy (non-hydrogen) atoms. The third-order valence-electron chi connectivity index (χ3n) is 7.63. The number of benzene rings is 2. The van der Waals surface area contributed by atoms with E-state index in [1.165, 1.54) is 57.5 Å². The lowest BCUT2D eigenvalue weighted by Crippen LogP contribution is -2.61. The van der Waals surface area contributed by atoms with Crippen LogP contribution in [-0.2, 0) is 14.2 Å². The van der Waals surface area contributed by atoms with Gasteiger partial charge in [-0.3, -0.25) is 0 Å². The summed E-state index contributed by atoms with van der Waals surface area (Å²) >= 11 is 0. The van der Waals surface area contributed by atoms with Crippen molar-refractivity contribution in [2.45, 2.75) is 68.3 Å². The van der Waals surface area contributed by atoms with Crippen LogP contribution in [0.5, 0.6) is 28.7 Å². The van der Waals surface area contributed by atoms with Gasteiger partial charge in [0.05, 0.1) is 38.6 Å². The lowest BCUT2D eigenvalue weighted by molar-refractivity contribution is -0.318. The van der Waals surface area contributed by atoms with Crippen molar-refractivity contribution in [1.82, 2.24) is 0 Å². The number of ether oxygens (including phenoxy) is 6. The molecule has 3 aromatic rings. The maximum Gasteiger partial charge on any atom is 0.402 e. The number of hydrogen-bond donors (Lipinski definition) is 8. The summed E-state index contributed by atoms with van der Waals surface area (Å²) in [6.45, 7) is 0.975. The third-order valence-corrected chi connectivity index (χ3v) is 7.63. The Morgan fingerprint density at radius 3 is 2.14 bits per heavy atom. The van der Waals surface area contributed by atoms with Crippen LogP contribution in [0.25, 0.3) is 22.3 Å². The van der Waals surface area contributed by atoms with Crippen molar-refractivity contribution in [2.24, 2.45) is 0 Å². The van der Waals surface area contributed by atoms with Crippen molar-refractivity contribution in [3.05, 3.63) is 36.4 Å². The summed E-state index contributed by atoms with van der Waals surface area (Å²) in [7, 11) is 2.78. The van der Waals surface area contributed by atoms with E-state index < -0.39 is 68.0 Å². The van der Waals surface area contributed by atoms with Crippen LogP contribution in [0.4, 0.5) is 0 Å². The monoisotopic (exact) mass is 623 g/mol. The molecule has 8 N–H and O–H groups in total. The summed E-state index contributed by atoms with van der Waals surface area (Å²) in [4.78, 5) is 0. The average Bonchev–Trinajstić information content (AvgIpc) is 3.01. The molecule has 2 saturated heterocycles. The van der Waals surface area contributed by atoms with Gasteiger partial charge in [-0.25, -0.2) is 4.42 Å². The topological polar surface area (TPSA) is 229 Å². The smallest absolute Gasteiger partial charge is 0.402 e. The van der Waals surface area contributed by atoms with Gasteiger partial charge in [0.25, 0.3) is 0 Å². The zero-order valence-corrected chi connectivity index (χ0v) is 23.9. The van der Waals surface area contributed by atoms with Crippen molar-refractivity contribution in [1.29, 1.82) is 0 Å². The number of methoxy groups -OCH3 is 2. The molecular formula is C29H35O15+. The van der Waals surface area contributed by atoms with Crippen LogP contribution >= 0.6 is 0 Å². The fourth-order valence-corrected chi connectivity index (χ4v) is 5.02. The summed E-state index contributed by atoms with van der Waals surface area (Å²) in [5, 5.41) is 83.2. The molecule has 2 aromatic carbocycles. The molecular weight excluding hydrogens is 588 g/mol. The van der Waals surface area contributed by atoms with Gasteiger partial charge in [-0.05, 0) is 19.1 Å². The molecule has 2 fully saturated rings. The molecule has 3 heterocycles. The maximum atomic E-state index is 10.8. The predicted molar refractivity (Wildman–Crippen MR) is 148 cm³/mol. The minimum absolute atomic E-state index is 0.0490. The van der Waals surface area contributed by atoms with Crippen LogP contribution in [-0.4, -0.2) is 123 Å². The molecule has 0 bridgehead atoms. The highest BCUT2D eigenvalue weighted by molar-refractivity contribution is 5.88. The Morgan fingerprint density at radius 1 is 0.727 bits per heavy atom. The second kappa shape index (κ2) is 12.8. The standard InChI is InChI=1S/C29H34O15/c1-11-21(32)23(34)25(36)28(41-11)40-10-20-22(33)24(35)26(37)29(44-20)43-19-9-14-16(31)7-13(38-2)8-17(14)42-27(19)12-4-5-15(30)18(6-12)39-3/h4-9,11,20-26,28-29,32-37H,10H2,1-3H3,(H-,30,31)/p+1/t11-,20+,21-,22-,23+,24-,25+,26+,28+,29+/m0/s1. The van der Waals surface area contributed by atoms with Crippen molar-refractivity contribution in [2.75, 3.05) is 20.8 Å². The number of rotatable bonds is 8. The van der Waals surface area contributed by atoms with Crippen molar-refractivity contribution >= 4 is 11.0 Å². The maximum absolute atomic E-state index is 10.8. The molecule has 0 radical (unpaired) electrons. The lowest BCUT2D eigenvalue weighted by atomic mass is 9.98. The van der Waals surface area contributed by atoms with Gasteiger partial charge in [-0.1, -0.05) is 0 Å². The molecule has 0 spiro atoms. The van der Waals surface area contributed by atoms with E-state index in [0.717, 1.165) is 0 Å². The largest absolute Gasteiger partial charge is 0.507 e. The van der Waals surface area contributed by atoms with Gasteiger partial charge >= 0.3 is 11.3 Å². The Kier molecular flexibility index (Phi) is 9.31. The normalized spacial score (nSPS) is 32.4. The van der Waals surface area contributed by atoms with E-state index in [1.807, 2.05) is 0 Å². The van der Waals surface area contributed by atoms with E-state index >= 15 is 0 Å². The molecule has 10 atom stereocenters. The zero-order chi connectivity index (χ0) is 31.9. The molecule has 0 amide bonds. The Bertz CT molecular complexity index is 1470. The molecule has 2 aliphatic rings. The molecule has 5 rings (SSSR count). The number of aliphatic hydroxyl groups is 6. The third kappa shape index (κ3) is 6.06. The predicted octanol–water partition coefficient (Wildman–Crippen LogP) is -0.160. The number of fused-ring (bicyclic) bond motifs is 1. The highest BCUT2D eigenvalue weighted by Gasteiger charge is 2.48. The summed E-state index contributed by atoms with van der Waals surface area (Å²) in [6, 6.07) is 8.61. The fourth-order valence-electron chi connectivity index (χ4n) is 5.02. The van der Waals surface area contributed by atoms with Crippen molar-refractivity contribution in [3.63, 3.8) is 0 Å². The van der Waals surface area contributed by atoms with E-state index in [1.54, 1.807) is 0 Å². The van der Waals surface area contributed by atoms with Gasteiger partial charge in [0.15, 0.2) is 17.8 Å². The van der Waals surface area contributed by atoms with Crippen LogP contribution < -0.4 is 14.2 Å². The fraction of sp³-hybridized carbons (Fsp3) is 0.483. The van der Waals surface area contributed by atoms with Crippen molar-refractivity contribution < 1.29 is 73.7 Å². The summed E-state index contributed by atoms with van der Waals surface area (Å²) in [5.41, 5.74) is 0.540. The Labute approximate surface area is 250 Å². The summed E-state index contributed by atoms with van der Waals surface area (Å²) in [5.74, 6) is 0.0237. The SMILES string of the molecule is COc1cc(O)c2cc(O[C@@H]3O[C@H](CO[C@@H]4O[C@@H](C)[C@H](O)[C@@H](O)[C@H]4O)[C@H](O)[C@H](O)[C@H]3O)c(-c3ccc(O)c(OC)c3)[o+]c2c1. The second-order valence-corrected chi connectivity index (χ2v) is 10.5. The lowest BCUT2D eigenvalue weighted by Gasteiger charge is -2.42. The summed E-state index contributed by atoms with van der Waals surface area (Å²) in [6.07, 6.45) is -15.0. The highest BCUT2D eigenvalue weighted by atomic mass is 16.7. The molecule has 240 valence electrons. The number of aromatic hydroxyl groups is 2. The first-order chi connectivity index (χ1) is 20.9. The van der Waals surface area contributed by atoms with Crippen LogP contribution in [0.1, 0.15) is 6.92 Å². The van der Waals surface area contributed by atoms with Gasteiger partial charge in [0.2, 0.25) is 12.0 Å². The zero-order valence-electron chi connectivity index (χ0n) is 23.9. The Balaban J connectivity index is 1.46. The van der Waals surface area contributed by atoms with E-state index in [0.29, 0.717) is 11.3 Å². The molecule has 15 nitrogen and oxygen atoms in total. The summed E-state index contributed by atoms with van der Waals surface area (Å²) < 4.78 is 39.2. The number of aliphatic hydroxyl groups excluding tert-OH is 6. The second-order valence-electron chi connectivity index (χ2n) is 10.5. The molecule has 0 aliphatic carbocycles. The van der Waals surface area contributed by atoms with Gasteiger partial charge in [-0.15, -0.1) is 0 Å². The molecule has 2 aliphatic heterocycles. The first kappa shape index (κ1) is 31.9. The number of phenols is 2. The first-order valence-corrected chi connectivity index (χ1v) is 13.7. The van der Waals surface area contributed by atoms with E-state index in [4.69, 9.17) is 32.8 Å². The first-order valence-electron chi connectivity index (χ1n) is 13.7. The van der Waals surface area contributed by atoms with Crippen LogP contribution in [0.3, 0.4) is 0 Å². The Morgan fingerprint density at radius 2 is 1.43 bits per heavy atom. The highest BCUT2D eigenvalue weighted by Crippen LogP contribution is 2.42. The van der Waals surface area contributed by atoms with Gasteiger partial charge < -0.3 is 69.3 Å². The minimum atomic E-state index is -1.78. The molecule has 1 aromatic heterocycles. The number of phenolic OH excluding ortho intramolecular Hbond substituents is 2. The van der Waals surface area contributed by atoms with Crippen LogP contribution in [0.15, 0.2) is 40.8 Å². The van der Waals surface area contributed by atoms with Gasteiger partial charge in [0.1, 0.15) is 59.6 Å². The van der Waals surface area contributed by atoms with E-state index in [2.05, 4.69) is 0 Å².